The van der Waals surface area contributed by atoms with Crippen LogP contribution in [0.1, 0.15) is 18.1 Å². The molecule has 4 nitrogen and oxygen atoms in total. The molecule has 1 heterocycles. The fourth-order valence-corrected chi connectivity index (χ4v) is 2.29. The van der Waals surface area contributed by atoms with Crippen molar-refractivity contribution in [1.29, 1.82) is 5.26 Å². The van der Waals surface area contributed by atoms with Gasteiger partial charge in [0.05, 0.1) is 5.56 Å². The summed E-state index contributed by atoms with van der Waals surface area (Å²) in [6.45, 7) is 4.52. The van der Waals surface area contributed by atoms with Crippen molar-refractivity contribution >= 4 is 23.1 Å². The zero-order chi connectivity index (χ0) is 14.7. The molecule has 1 aromatic heterocycles. The fourth-order valence-electron chi connectivity index (χ4n) is 2.03. The van der Waals surface area contributed by atoms with E-state index in [-0.39, 0.29) is 5.75 Å². The lowest BCUT2D eigenvalue weighted by Crippen LogP contribution is -2.19. The van der Waals surface area contributed by atoms with Crippen LogP contribution in [0, 0.1) is 18.3 Å². The van der Waals surface area contributed by atoms with Crippen LogP contribution in [0.5, 0.6) is 5.75 Å². The molecule has 20 heavy (non-hydrogen) atoms. The number of nitrogens with zero attached hydrogens (tertiary/aromatic N) is 3. The number of rotatable bonds is 3. The average Bonchev–Trinajstić information content (AvgIpc) is 2.45. The first kappa shape index (κ1) is 14.2. The molecule has 0 unspecified atom stereocenters. The maximum atomic E-state index is 9.67. The monoisotopic (exact) mass is 287 g/mol. The van der Waals surface area contributed by atoms with Gasteiger partial charge in [-0.3, -0.25) is 0 Å². The Hall–Kier alpha value is -2.25. The van der Waals surface area contributed by atoms with Gasteiger partial charge in [0.2, 0.25) is 0 Å². The molecule has 2 aromatic rings. The van der Waals surface area contributed by atoms with Crippen LogP contribution >= 0.6 is 11.6 Å². The highest BCUT2D eigenvalue weighted by atomic mass is 35.5. The molecular weight excluding hydrogens is 274 g/mol. The number of nitriles is 1. The normalized spacial score (nSPS) is 10.1. The summed E-state index contributed by atoms with van der Waals surface area (Å²) in [7, 11) is 0. The van der Waals surface area contributed by atoms with Crippen molar-refractivity contribution in [2.45, 2.75) is 13.8 Å². The van der Waals surface area contributed by atoms with E-state index in [0.717, 1.165) is 11.3 Å². The maximum Gasteiger partial charge on any atom is 0.153 e. The largest absolute Gasteiger partial charge is 0.508 e. The first-order chi connectivity index (χ1) is 9.58. The molecule has 0 aliphatic rings. The van der Waals surface area contributed by atoms with Crippen molar-refractivity contribution in [3.8, 4) is 11.8 Å². The van der Waals surface area contributed by atoms with Crippen LogP contribution in [-0.2, 0) is 0 Å². The SMILES string of the molecule is CCN(c1cc(O)ccc1C)c1nccc(C#N)c1Cl. The molecule has 0 atom stereocenters. The average molecular weight is 288 g/mol. The van der Waals surface area contributed by atoms with Crippen molar-refractivity contribution in [3.05, 3.63) is 46.6 Å². The summed E-state index contributed by atoms with van der Waals surface area (Å²) in [5, 5.41) is 19.0. The summed E-state index contributed by atoms with van der Waals surface area (Å²) in [5.41, 5.74) is 2.19. The van der Waals surface area contributed by atoms with Crippen molar-refractivity contribution in [2.75, 3.05) is 11.4 Å². The molecule has 0 radical (unpaired) electrons. The third kappa shape index (κ3) is 2.54. The first-order valence-corrected chi connectivity index (χ1v) is 6.58. The molecule has 0 amide bonds. The van der Waals surface area contributed by atoms with Gasteiger partial charge in [-0.25, -0.2) is 4.98 Å². The second kappa shape index (κ2) is 5.81. The Bertz CT molecular complexity index is 679. The Morgan fingerprint density at radius 3 is 2.80 bits per heavy atom. The van der Waals surface area contributed by atoms with Crippen molar-refractivity contribution in [3.63, 3.8) is 0 Å². The van der Waals surface area contributed by atoms with Crippen LogP contribution in [0.15, 0.2) is 30.5 Å². The van der Waals surface area contributed by atoms with E-state index in [2.05, 4.69) is 4.98 Å². The zero-order valence-electron chi connectivity index (χ0n) is 11.3. The van der Waals surface area contributed by atoms with E-state index in [1.807, 2.05) is 30.9 Å². The molecular formula is C15H14ClN3O. The summed E-state index contributed by atoms with van der Waals surface area (Å²) in [5.74, 6) is 0.693. The molecule has 5 heteroatoms. The van der Waals surface area contributed by atoms with Gasteiger partial charge in [0.15, 0.2) is 5.82 Å². The summed E-state index contributed by atoms with van der Waals surface area (Å²) in [6.07, 6.45) is 1.56. The van der Waals surface area contributed by atoms with Crippen LogP contribution in [0.25, 0.3) is 0 Å². The number of aryl methyl sites for hydroxylation is 1. The van der Waals surface area contributed by atoms with E-state index in [4.69, 9.17) is 16.9 Å². The Morgan fingerprint density at radius 2 is 2.15 bits per heavy atom. The quantitative estimate of drug-likeness (QED) is 0.933. The summed E-state index contributed by atoms with van der Waals surface area (Å²) < 4.78 is 0. The number of benzene rings is 1. The highest BCUT2D eigenvalue weighted by Gasteiger charge is 2.17. The Labute approximate surface area is 122 Å². The lowest BCUT2D eigenvalue weighted by atomic mass is 10.1. The van der Waals surface area contributed by atoms with Gasteiger partial charge in [-0.15, -0.1) is 0 Å². The number of pyridine rings is 1. The van der Waals surface area contributed by atoms with E-state index in [1.54, 1.807) is 24.4 Å². The smallest absolute Gasteiger partial charge is 0.153 e. The first-order valence-electron chi connectivity index (χ1n) is 6.20. The van der Waals surface area contributed by atoms with Crippen LogP contribution in [0.3, 0.4) is 0 Å². The lowest BCUT2D eigenvalue weighted by molar-refractivity contribution is 0.475. The minimum Gasteiger partial charge on any atom is -0.508 e. The molecule has 0 saturated carbocycles. The lowest BCUT2D eigenvalue weighted by Gasteiger charge is -2.25. The summed E-state index contributed by atoms with van der Waals surface area (Å²) in [4.78, 5) is 6.14. The highest BCUT2D eigenvalue weighted by Crippen LogP contribution is 2.34. The number of hydrogen-bond acceptors (Lipinski definition) is 4. The van der Waals surface area contributed by atoms with E-state index in [0.29, 0.717) is 22.9 Å². The molecule has 1 aromatic carbocycles. The zero-order valence-corrected chi connectivity index (χ0v) is 12.0. The second-order valence-electron chi connectivity index (χ2n) is 4.32. The predicted octanol–water partition coefficient (Wildman–Crippen LogP) is 3.78. The van der Waals surface area contributed by atoms with Crippen LogP contribution in [-0.4, -0.2) is 16.6 Å². The van der Waals surface area contributed by atoms with Gasteiger partial charge in [-0.1, -0.05) is 17.7 Å². The molecule has 0 spiro atoms. The summed E-state index contributed by atoms with van der Waals surface area (Å²) in [6, 6.07) is 8.75. The molecule has 0 fully saturated rings. The molecule has 0 saturated heterocycles. The van der Waals surface area contributed by atoms with Crippen molar-refractivity contribution in [1.82, 2.24) is 4.98 Å². The van der Waals surface area contributed by atoms with E-state index in [1.165, 1.54) is 0 Å². The van der Waals surface area contributed by atoms with Gasteiger partial charge in [0, 0.05) is 24.5 Å². The van der Waals surface area contributed by atoms with Gasteiger partial charge in [-0.2, -0.15) is 5.26 Å². The Morgan fingerprint density at radius 1 is 1.40 bits per heavy atom. The number of halogens is 1. The van der Waals surface area contributed by atoms with Crippen molar-refractivity contribution < 1.29 is 5.11 Å². The van der Waals surface area contributed by atoms with Gasteiger partial charge in [0.25, 0.3) is 0 Å². The summed E-state index contributed by atoms with van der Waals surface area (Å²) >= 11 is 6.24. The van der Waals surface area contributed by atoms with Gasteiger partial charge < -0.3 is 10.0 Å². The minimum absolute atomic E-state index is 0.177. The number of aromatic hydroxyl groups is 1. The number of hydrogen-bond donors (Lipinski definition) is 1. The topological polar surface area (TPSA) is 60.1 Å². The molecule has 0 bridgehead atoms. The molecule has 0 aliphatic carbocycles. The molecule has 0 aliphatic heterocycles. The maximum absolute atomic E-state index is 9.67. The number of phenolic OH excluding ortho intramolecular Hbond substituents is 1. The second-order valence-corrected chi connectivity index (χ2v) is 4.70. The highest BCUT2D eigenvalue weighted by molar-refractivity contribution is 6.34. The van der Waals surface area contributed by atoms with Gasteiger partial charge in [0.1, 0.15) is 16.8 Å². The predicted molar refractivity (Wildman–Crippen MR) is 79.5 cm³/mol. The molecule has 1 N–H and O–H groups in total. The van der Waals surface area contributed by atoms with E-state index in [9.17, 15) is 5.11 Å². The van der Waals surface area contributed by atoms with E-state index < -0.39 is 0 Å². The van der Waals surface area contributed by atoms with Crippen LogP contribution < -0.4 is 4.90 Å². The molecule has 102 valence electrons. The standard InChI is InChI=1S/C15H14ClN3O/c1-3-19(13-8-12(20)5-4-10(13)2)15-14(16)11(9-17)6-7-18-15/h4-8,20H,3H2,1-2H3. The molecule has 2 rings (SSSR count). The van der Waals surface area contributed by atoms with Crippen molar-refractivity contribution in [2.24, 2.45) is 0 Å². The van der Waals surface area contributed by atoms with Crippen LogP contribution in [0.4, 0.5) is 11.5 Å². The minimum atomic E-state index is 0.177. The fraction of sp³-hybridized carbons (Fsp3) is 0.200. The van der Waals surface area contributed by atoms with Gasteiger partial charge >= 0.3 is 0 Å². The number of phenols is 1. The van der Waals surface area contributed by atoms with Crippen LogP contribution in [0.2, 0.25) is 5.02 Å². The number of anilines is 2. The third-order valence-electron chi connectivity index (χ3n) is 3.05. The Kier molecular flexibility index (Phi) is 4.11. The number of aromatic nitrogens is 1. The van der Waals surface area contributed by atoms with E-state index >= 15 is 0 Å². The third-order valence-corrected chi connectivity index (χ3v) is 3.42. The van der Waals surface area contributed by atoms with Gasteiger partial charge in [-0.05, 0) is 31.5 Å². The Balaban J connectivity index is 2.59.